The van der Waals surface area contributed by atoms with Gasteiger partial charge in [0.15, 0.2) is 16.9 Å². The van der Waals surface area contributed by atoms with Crippen molar-refractivity contribution in [1.82, 2.24) is 9.78 Å². The summed E-state index contributed by atoms with van der Waals surface area (Å²) < 4.78 is 7.33. The van der Waals surface area contributed by atoms with Crippen molar-refractivity contribution in [1.29, 1.82) is 0 Å². The van der Waals surface area contributed by atoms with Crippen LogP contribution in [0.25, 0.3) is 22.4 Å². The van der Waals surface area contributed by atoms with Gasteiger partial charge in [-0.2, -0.15) is 5.10 Å². The zero-order valence-electron chi connectivity index (χ0n) is 14.6. The molecule has 0 aliphatic rings. The summed E-state index contributed by atoms with van der Waals surface area (Å²) in [5, 5.41) is 16.3. The lowest BCUT2D eigenvalue weighted by atomic mass is 10.1. The number of aryl methyl sites for hydroxylation is 4. The van der Waals surface area contributed by atoms with Gasteiger partial charge in [-0.15, -0.1) is 0 Å². The average Bonchev–Trinajstić information content (AvgIpc) is 2.85. The fourth-order valence-electron chi connectivity index (χ4n) is 3.17. The molecule has 0 radical (unpaired) electrons. The highest BCUT2D eigenvalue weighted by Crippen LogP contribution is 2.34. The number of hydrogen-bond acceptors (Lipinski definition) is 5. The number of nitro groups is 1. The van der Waals surface area contributed by atoms with Gasteiger partial charge in [-0.25, -0.2) is 0 Å². The van der Waals surface area contributed by atoms with Crippen LogP contribution in [0.4, 0.5) is 5.69 Å². The highest BCUT2D eigenvalue weighted by molar-refractivity contribution is 5.83. The molecule has 0 amide bonds. The number of rotatable bonds is 4. The van der Waals surface area contributed by atoms with Crippen molar-refractivity contribution in [3.8, 4) is 11.5 Å². The van der Waals surface area contributed by atoms with Crippen LogP contribution in [0.15, 0.2) is 27.4 Å². The Morgan fingerprint density at radius 3 is 2.64 bits per heavy atom. The van der Waals surface area contributed by atoms with E-state index in [0.717, 1.165) is 17.5 Å². The van der Waals surface area contributed by atoms with E-state index in [1.807, 2.05) is 26.8 Å². The van der Waals surface area contributed by atoms with Crippen molar-refractivity contribution in [2.75, 3.05) is 0 Å². The molecule has 3 aromatic rings. The van der Waals surface area contributed by atoms with Gasteiger partial charge in [0.1, 0.15) is 11.3 Å². The molecule has 0 spiro atoms. The van der Waals surface area contributed by atoms with E-state index in [0.29, 0.717) is 23.1 Å². The van der Waals surface area contributed by atoms with E-state index in [2.05, 4.69) is 5.10 Å². The summed E-state index contributed by atoms with van der Waals surface area (Å²) in [6, 6.07) is 4.98. The molecule has 0 aliphatic heterocycles. The standard InChI is InChI=1S/C18H19N3O4/c1-5-6-13-16(21(23)24)17(20(4)19-13)15-9-14(22)12-8-10(2)7-11(3)18(12)25-15/h7-9H,5-6H2,1-4H3. The third-order valence-electron chi connectivity index (χ3n) is 4.15. The van der Waals surface area contributed by atoms with Crippen molar-refractivity contribution < 1.29 is 9.34 Å². The maximum Gasteiger partial charge on any atom is 0.321 e. The Hall–Kier alpha value is -2.96. The minimum Gasteiger partial charge on any atom is -0.454 e. The van der Waals surface area contributed by atoms with Crippen molar-refractivity contribution in [3.63, 3.8) is 0 Å². The van der Waals surface area contributed by atoms with Crippen LogP contribution in [-0.2, 0) is 13.5 Å². The number of fused-ring (bicyclic) bond motifs is 1. The highest BCUT2D eigenvalue weighted by Gasteiger charge is 2.29. The SMILES string of the molecule is CCCc1nn(C)c(-c2cc(=O)c3cc(C)cc(C)c3o2)c1[N+](=O)[O-]. The minimum absolute atomic E-state index is 0.100. The molecule has 0 saturated heterocycles. The lowest BCUT2D eigenvalue weighted by Crippen LogP contribution is -2.04. The summed E-state index contributed by atoms with van der Waals surface area (Å²) in [4.78, 5) is 23.7. The van der Waals surface area contributed by atoms with E-state index >= 15 is 0 Å². The molecule has 25 heavy (non-hydrogen) atoms. The molecular weight excluding hydrogens is 322 g/mol. The largest absolute Gasteiger partial charge is 0.454 e. The van der Waals surface area contributed by atoms with Gasteiger partial charge in [0.05, 0.1) is 10.3 Å². The molecule has 7 nitrogen and oxygen atoms in total. The summed E-state index contributed by atoms with van der Waals surface area (Å²) in [5.41, 5.74) is 2.50. The summed E-state index contributed by atoms with van der Waals surface area (Å²) in [6.45, 7) is 5.69. The van der Waals surface area contributed by atoms with Crippen LogP contribution < -0.4 is 5.43 Å². The molecule has 130 valence electrons. The maximum absolute atomic E-state index is 12.5. The lowest BCUT2D eigenvalue weighted by molar-refractivity contribution is -0.385. The fourth-order valence-corrected chi connectivity index (χ4v) is 3.17. The van der Waals surface area contributed by atoms with E-state index in [4.69, 9.17) is 4.42 Å². The second kappa shape index (κ2) is 6.16. The van der Waals surface area contributed by atoms with Crippen LogP contribution in [0.3, 0.4) is 0 Å². The summed E-state index contributed by atoms with van der Waals surface area (Å²) in [7, 11) is 1.62. The van der Waals surface area contributed by atoms with Crippen molar-refractivity contribution in [2.45, 2.75) is 33.6 Å². The molecule has 1 aromatic carbocycles. The molecule has 3 rings (SSSR count). The molecule has 0 atom stereocenters. The normalized spacial score (nSPS) is 11.2. The molecule has 0 unspecified atom stereocenters. The van der Waals surface area contributed by atoms with Gasteiger partial charge in [-0.05, 0) is 37.5 Å². The predicted molar refractivity (Wildman–Crippen MR) is 94.8 cm³/mol. The van der Waals surface area contributed by atoms with Crippen LogP contribution in [0.1, 0.15) is 30.2 Å². The first-order chi connectivity index (χ1) is 11.8. The second-order valence-corrected chi connectivity index (χ2v) is 6.21. The Morgan fingerprint density at radius 2 is 2.00 bits per heavy atom. The first-order valence-electron chi connectivity index (χ1n) is 8.09. The zero-order valence-corrected chi connectivity index (χ0v) is 14.6. The fraction of sp³-hybridized carbons (Fsp3) is 0.333. The topological polar surface area (TPSA) is 91.2 Å². The second-order valence-electron chi connectivity index (χ2n) is 6.21. The average molecular weight is 341 g/mol. The van der Waals surface area contributed by atoms with E-state index in [-0.39, 0.29) is 22.6 Å². The van der Waals surface area contributed by atoms with Gasteiger partial charge in [0, 0.05) is 13.1 Å². The van der Waals surface area contributed by atoms with E-state index < -0.39 is 4.92 Å². The molecule has 7 heteroatoms. The zero-order chi connectivity index (χ0) is 18.3. The molecule has 0 fully saturated rings. The summed E-state index contributed by atoms with van der Waals surface area (Å²) in [6.07, 6.45) is 1.22. The molecule has 2 aromatic heterocycles. The summed E-state index contributed by atoms with van der Waals surface area (Å²) in [5.74, 6) is 0.161. The van der Waals surface area contributed by atoms with Crippen LogP contribution in [-0.4, -0.2) is 14.7 Å². The molecular formula is C18H19N3O4. The maximum atomic E-state index is 12.5. The smallest absolute Gasteiger partial charge is 0.321 e. The first kappa shape index (κ1) is 16.9. The van der Waals surface area contributed by atoms with Crippen LogP contribution in [0, 0.1) is 24.0 Å². The van der Waals surface area contributed by atoms with Crippen molar-refractivity contribution in [2.24, 2.45) is 7.05 Å². The number of aromatic nitrogens is 2. The quantitative estimate of drug-likeness (QED) is 0.533. The Labute approximate surface area is 144 Å². The van der Waals surface area contributed by atoms with E-state index in [9.17, 15) is 14.9 Å². The van der Waals surface area contributed by atoms with Gasteiger partial charge >= 0.3 is 5.69 Å². The van der Waals surface area contributed by atoms with Gasteiger partial charge < -0.3 is 4.42 Å². The monoisotopic (exact) mass is 341 g/mol. The Balaban J connectivity index is 2.34. The highest BCUT2D eigenvalue weighted by atomic mass is 16.6. The van der Waals surface area contributed by atoms with Gasteiger partial charge in [0.2, 0.25) is 0 Å². The molecule has 0 N–H and O–H groups in total. The molecule has 0 aliphatic carbocycles. The van der Waals surface area contributed by atoms with Gasteiger partial charge in [-0.1, -0.05) is 19.4 Å². The van der Waals surface area contributed by atoms with Crippen molar-refractivity contribution in [3.05, 3.63) is 55.4 Å². The minimum atomic E-state index is -0.459. The Bertz CT molecular complexity index is 1050. The Kier molecular flexibility index (Phi) is 4.16. The number of nitrogens with zero attached hydrogens (tertiary/aromatic N) is 3. The molecule has 0 saturated carbocycles. The van der Waals surface area contributed by atoms with Gasteiger partial charge in [-0.3, -0.25) is 19.6 Å². The number of hydrogen-bond donors (Lipinski definition) is 0. The molecule has 2 heterocycles. The van der Waals surface area contributed by atoms with Crippen LogP contribution in [0.5, 0.6) is 0 Å². The number of benzene rings is 1. The van der Waals surface area contributed by atoms with Crippen LogP contribution in [0.2, 0.25) is 0 Å². The first-order valence-corrected chi connectivity index (χ1v) is 8.09. The van der Waals surface area contributed by atoms with Gasteiger partial charge in [0.25, 0.3) is 0 Å². The Morgan fingerprint density at radius 1 is 1.28 bits per heavy atom. The van der Waals surface area contributed by atoms with Crippen LogP contribution >= 0.6 is 0 Å². The third-order valence-corrected chi connectivity index (χ3v) is 4.15. The lowest BCUT2D eigenvalue weighted by Gasteiger charge is -2.06. The van der Waals surface area contributed by atoms with E-state index in [1.54, 1.807) is 13.1 Å². The molecule has 0 bridgehead atoms. The van der Waals surface area contributed by atoms with E-state index in [1.165, 1.54) is 10.7 Å². The third kappa shape index (κ3) is 2.82. The summed E-state index contributed by atoms with van der Waals surface area (Å²) >= 11 is 0. The van der Waals surface area contributed by atoms with Crippen molar-refractivity contribution >= 4 is 16.7 Å². The predicted octanol–water partition coefficient (Wildman–Crippen LogP) is 3.67.